The fourth-order valence-corrected chi connectivity index (χ4v) is 1.86. The van der Waals surface area contributed by atoms with Crippen LogP contribution >= 0.6 is 0 Å². The summed E-state index contributed by atoms with van der Waals surface area (Å²) in [4.78, 5) is 4.30. The van der Waals surface area contributed by atoms with Gasteiger partial charge in [-0.1, -0.05) is 24.3 Å². The fourth-order valence-electron chi connectivity index (χ4n) is 1.86. The summed E-state index contributed by atoms with van der Waals surface area (Å²) in [6.45, 7) is 0.808. The van der Waals surface area contributed by atoms with Crippen LogP contribution in [0.15, 0.2) is 24.3 Å². The second-order valence-electron chi connectivity index (χ2n) is 3.50. The second-order valence-corrected chi connectivity index (χ2v) is 3.50. The Morgan fingerprint density at radius 3 is 3.21 bits per heavy atom. The maximum absolute atomic E-state index is 5.65. The molecule has 0 fully saturated rings. The molecular formula is C12H10NO. The number of benzene rings is 1. The quantitative estimate of drug-likeness (QED) is 0.627. The molecule has 0 saturated heterocycles. The summed E-state index contributed by atoms with van der Waals surface area (Å²) in [5.74, 6) is 0.964. The highest BCUT2D eigenvalue weighted by Gasteiger charge is 2.14. The number of rotatable bonds is 0. The van der Waals surface area contributed by atoms with Crippen LogP contribution in [0.25, 0.3) is 10.8 Å². The first-order valence-electron chi connectivity index (χ1n) is 4.87. The van der Waals surface area contributed by atoms with Crippen LogP contribution in [-0.2, 0) is 6.42 Å². The highest BCUT2D eigenvalue weighted by atomic mass is 16.5. The van der Waals surface area contributed by atoms with Gasteiger partial charge in [-0.3, -0.25) is 0 Å². The van der Waals surface area contributed by atoms with E-state index in [1.165, 1.54) is 0 Å². The molecule has 0 bridgehead atoms. The summed E-state index contributed by atoms with van der Waals surface area (Å²) in [7, 11) is 0. The summed E-state index contributed by atoms with van der Waals surface area (Å²) in [5, 5.41) is 2.17. The first-order chi connectivity index (χ1) is 6.95. The van der Waals surface area contributed by atoms with Crippen molar-refractivity contribution < 1.29 is 4.74 Å². The molecule has 1 aliphatic heterocycles. The van der Waals surface area contributed by atoms with E-state index in [1.807, 2.05) is 18.2 Å². The van der Waals surface area contributed by atoms with Crippen molar-refractivity contribution in [2.75, 3.05) is 6.61 Å². The van der Waals surface area contributed by atoms with E-state index < -0.39 is 0 Å². The Balaban J connectivity index is 2.34. The molecule has 1 aliphatic rings. The van der Waals surface area contributed by atoms with Crippen LogP contribution in [0, 0.1) is 6.20 Å². The number of pyridine rings is 1. The van der Waals surface area contributed by atoms with Crippen LogP contribution < -0.4 is 4.74 Å². The van der Waals surface area contributed by atoms with Gasteiger partial charge in [-0.15, -0.1) is 0 Å². The summed E-state index contributed by atoms with van der Waals surface area (Å²) >= 11 is 0. The molecule has 14 heavy (non-hydrogen) atoms. The van der Waals surface area contributed by atoms with Gasteiger partial charge in [0.1, 0.15) is 5.75 Å². The molecule has 0 saturated carbocycles. The van der Waals surface area contributed by atoms with Crippen LogP contribution in [0.2, 0.25) is 0 Å². The Labute approximate surface area is 82.5 Å². The Morgan fingerprint density at radius 2 is 2.21 bits per heavy atom. The van der Waals surface area contributed by atoms with E-state index in [4.69, 9.17) is 4.74 Å². The lowest BCUT2D eigenvalue weighted by atomic mass is 10.1. The van der Waals surface area contributed by atoms with Gasteiger partial charge in [0.25, 0.3) is 0 Å². The van der Waals surface area contributed by atoms with Crippen molar-refractivity contribution in [1.29, 1.82) is 0 Å². The maximum atomic E-state index is 5.65. The van der Waals surface area contributed by atoms with E-state index in [2.05, 4.69) is 17.2 Å². The number of fused-ring (bicyclic) bond motifs is 3. The third-order valence-corrected chi connectivity index (χ3v) is 2.55. The van der Waals surface area contributed by atoms with E-state index in [1.54, 1.807) is 0 Å². The molecular weight excluding hydrogens is 174 g/mol. The molecule has 2 heterocycles. The zero-order chi connectivity index (χ0) is 9.38. The van der Waals surface area contributed by atoms with E-state index in [0.717, 1.165) is 41.7 Å². The zero-order valence-corrected chi connectivity index (χ0v) is 7.79. The van der Waals surface area contributed by atoms with Gasteiger partial charge < -0.3 is 4.74 Å². The minimum atomic E-state index is 0.808. The second kappa shape index (κ2) is 2.98. The molecule has 0 N–H and O–H groups in total. The van der Waals surface area contributed by atoms with Gasteiger partial charge in [-0.05, 0) is 12.8 Å². The van der Waals surface area contributed by atoms with Gasteiger partial charge in [0, 0.05) is 10.8 Å². The summed E-state index contributed by atoms with van der Waals surface area (Å²) < 4.78 is 5.65. The topological polar surface area (TPSA) is 22.1 Å². The number of hydrogen-bond acceptors (Lipinski definition) is 2. The van der Waals surface area contributed by atoms with Crippen molar-refractivity contribution >= 4 is 10.8 Å². The average Bonchev–Trinajstić information content (AvgIpc) is 2.29. The molecule has 1 aromatic carbocycles. The number of nitrogens with zero attached hydrogens (tertiary/aromatic N) is 1. The summed E-state index contributed by atoms with van der Waals surface area (Å²) in [5.41, 5.74) is 1.05. The van der Waals surface area contributed by atoms with Crippen LogP contribution in [0.1, 0.15) is 12.1 Å². The van der Waals surface area contributed by atoms with Crippen LogP contribution in [-0.4, -0.2) is 11.6 Å². The van der Waals surface area contributed by atoms with Crippen molar-refractivity contribution in [3.05, 3.63) is 36.2 Å². The van der Waals surface area contributed by atoms with Crippen LogP contribution in [0.5, 0.6) is 5.75 Å². The lowest BCUT2D eigenvalue weighted by Gasteiger charge is -2.17. The van der Waals surface area contributed by atoms with E-state index >= 15 is 0 Å². The van der Waals surface area contributed by atoms with Gasteiger partial charge in [-0.2, -0.15) is 0 Å². The molecule has 1 aromatic heterocycles. The molecule has 2 nitrogen and oxygen atoms in total. The zero-order valence-electron chi connectivity index (χ0n) is 7.79. The normalized spacial score (nSPS) is 14.9. The van der Waals surface area contributed by atoms with Gasteiger partial charge >= 0.3 is 0 Å². The smallest absolute Gasteiger partial charge is 0.148 e. The summed E-state index contributed by atoms with van der Waals surface area (Å²) in [6.07, 6.45) is 5.12. The highest BCUT2D eigenvalue weighted by molar-refractivity contribution is 5.87. The molecule has 0 aliphatic carbocycles. The number of ether oxygens (including phenoxy) is 1. The molecule has 1 radical (unpaired) electrons. The first-order valence-corrected chi connectivity index (χ1v) is 4.87. The standard InChI is InChI=1S/C12H10NO/c1-2-5-10-9(4-1)8-13-11-6-3-7-14-12(10)11/h1-2,4-5H,3,6-7H2. The number of aromatic nitrogens is 1. The Hall–Kier alpha value is -1.57. The van der Waals surface area contributed by atoms with Gasteiger partial charge in [0.2, 0.25) is 0 Å². The number of hydrogen-bond donors (Lipinski definition) is 0. The van der Waals surface area contributed by atoms with Crippen LogP contribution in [0.3, 0.4) is 0 Å². The molecule has 0 amide bonds. The average molecular weight is 184 g/mol. The predicted molar refractivity (Wildman–Crippen MR) is 54.4 cm³/mol. The van der Waals surface area contributed by atoms with Crippen molar-refractivity contribution in [3.8, 4) is 5.75 Å². The third kappa shape index (κ3) is 1.07. The molecule has 0 unspecified atom stereocenters. The van der Waals surface area contributed by atoms with Crippen LogP contribution in [0.4, 0.5) is 0 Å². The van der Waals surface area contributed by atoms with Crippen molar-refractivity contribution in [2.45, 2.75) is 12.8 Å². The maximum Gasteiger partial charge on any atom is 0.148 e. The van der Waals surface area contributed by atoms with E-state index in [0.29, 0.717) is 0 Å². The van der Waals surface area contributed by atoms with E-state index in [-0.39, 0.29) is 0 Å². The lowest BCUT2D eigenvalue weighted by Crippen LogP contribution is -2.10. The third-order valence-electron chi connectivity index (χ3n) is 2.55. The minimum Gasteiger partial charge on any atom is -0.491 e. The highest BCUT2D eigenvalue weighted by Crippen LogP contribution is 2.30. The molecule has 2 heteroatoms. The first kappa shape index (κ1) is 7.80. The monoisotopic (exact) mass is 184 g/mol. The Bertz CT molecular complexity index is 479. The predicted octanol–water partition coefficient (Wildman–Crippen LogP) is 2.36. The van der Waals surface area contributed by atoms with Crippen molar-refractivity contribution in [1.82, 2.24) is 4.98 Å². The SMILES string of the molecule is [c]1nc2c(c3ccccc13)OCCC2. The van der Waals surface area contributed by atoms with Crippen molar-refractivity contribution in [3.63, 3.8) is 0 Å². The largest absolute Gasteiger partial charge is 0.491 e. The van der Waals surface area contributed by atoms with E-state index in [9.17, 15) is 0 Å². The molecule has 0 atom stereocenters. The lowest BCUT2D eigenvalue weighted by molar-refractivity contribution is 0.289. The van der Waals surface area contributed by atoms with Gasteiger partial charge in [0.15, 0.2) is 0 Å². The fraction of sp³-hybridized carbons (Fsp3) is 0.250. The molecule has 3 rings (SSSR count). The minimum absolute atomic E-state index is 0.808. The summed E-state index contributed by atoms with van der Waals surface area (Å²) in [6, 6.07) is 8.10. The molecule has 0 spiro atoms. The van der Waals surface area contributed by atoms with Crippen molar-refractivity contribution in [2.24, 2.45) is 0 Å². The van der Waals surface area contributed by atoms with Gasteiger partial charge in [0.05, 0.1) is 18.5 Å². The number of aryl methyl sites for hydroxylation is 1. The molecule has 69 valence electrons. The van der Waals surface area contributed by atoms with Gasteiger partial charge in [-0.25, -0.2) is 4.98 Å². The Kier molecular flexibility index (Phi) is 1.66. The molecule has 2 aromatic rings. The Morgan fingerprint density at radius 1 is 1.29 bits per heavy atom.